The molecule has 0 amide bonds. The first-order chi connectivity index (χ1) is 14.5. The first-order valence-corrected chi connectivity index (χ1v) is 13.6. The molecule has 0 unspecified atom stereocenters. The standard InChI is InChI=1S/C24H38N2O3S.ClH/c1-3-5-6-7-15-29-21-10-11-22-19(16-21)12-14-25-18-20-9-8-13-26(30(27,28)4-2)23(20)17-24(22)25;/h10-11,16,20,23-24H,3-9,12-15,17-18H2,1-2H3;1H/t20-,23+,24-;/m1./s1. The molecule has 1 aromatic rings. The van der Waals surface area contributed by atoms with Gasteiger partial charge in [0, 0.05) is 31.7 Å². The van der Waals surface area contributed by atoms with Crippen LogP contribution in [0.4, 0.5) is 0 Å². The topological polar surface area (TPSA) is 49.9 Å². The fraction of sp³-hybridized carbons (Fsp3) is 0.750. The maximum absolute atomic E-state index is 12.7. The van der Waals surface area contributed by atoms with Gasteiger partial charge >= 0.3 is 0 Å². The van der Waals surface area contributed by atoms with Gasteiger partial charge in [0.1, 0.15) is 5.75 Å². The number of benzene rings is 1. The predicted molar refractivity (Wildman–Crippen MR) is 129 cm³/mol. The monoisotopic (exact) mass is 470 g/mol. The summed E-state index contributed by atoms with van der Waals surface area (Å²) in [5, 5.41) is 0. The molecule has 31 heavy (non-hydrogen) atoms. The molecule has 4 rings (SSSR count). The summed E-state index contributed by atoms with van der Waals surface area (Å²) in [6, 6.07) is 7.09. The van der Waals surface area contributed by atoms with Crippen molar-refractivity contribution in [1.82, 2.24) is 9.21 Å². The quantitative estimate of drug-likeness (QED) is 0.512. The third-order valence-electron chi connectivity index (χ3n) is 7.37. The number of halogens is 1. The molecule has 0 bridgehead atoms. The molecule has 1 aromatic carbocycles. The van der Waals surface area contributed by atoms with E-state index in [0.717, 1.165) is 57.6 Å². The van der Waals surface area contributed by atoms with Gasteiger partial charge in [0.25, 0.3) is 0 Å². The van der Waals surface area contributed by atoms with E-state index >= 15 is 0 Å². The summed E-state index contributed by atoms with van der Waals surface area (Å²) in [6.07, 6.45) is 9.01. The fourth-order valence-electron chi connectivity index (χ4n) is 5.71. The lowest BCUT2D eigenvalue weighted by atomic mass is 9.77. The zero-order valence-electron chi connectivity index (χ0n) is 19.1. The lowest BCUT2D eigenvalue weighted by Gasteiger charge is -2.51. The minimum atomic E-state index is -3.14. The highest BCUT2D eigenvalue weighted by atomic mass is 35.5. The lowest BCUT2D eigenvalue weighted by molar-refractivity contribution is 0.0220. The van der Waals surface area contributed by atoms with Crippen LogP contribution in [0.2, 0.25) is 0 Å². The smallest absolute Gasteiger partial charge is 0.214 e. The summed E-state index contributed by atoms with van der Waals surface area (Å²) in [6.45, 7) is 7.59. The Balaban J connectivity index is 0.00000272. The van der Waals surface area contributed by atoms with Gasteiger partial charge in [-0.25, -0.2) is 8.42 Å². The molecule has 7 heteroatoms. The summed E-state index contributed by atoms with van der Waals surface area (Å²) in [5.74, 6) is 1.67. The second-order valence-corrected chi connectivity index (χ2v) is 11.5. The summed E-state index contributed by atoms with van der Waals surface area (Å²) in [7, 11) is -3.14. The maximum Gasteiger partial charge on any atom is 0.214 e. The molecule has 3 heterocycles. The van der Waals surface area contributed by atoms with Crippen LogP contribution >= 0.6 is 12.4 Å². The van der Waals surface area contributed by atoms with Gasteiger partial charge < -0.3 is 4.74 Å². The molecule has 5 nitrogen and oxygen atoms in total. The molecule has 0 aromatic heterocycles. The summed E-state index contributed by atoms with van der Waals surface area (Å²) >= 11 is 0. The number of nitrogens with zero attached hydrogens (tertiary/aromatic N) is 2. The molecule has 176 valence electrons. The second kappa shape index (κ2) is 10.9. The van der Waals surface area contributed by atoms with Crippen molar-refractivity contribution in [3.05, 3.63) is 29.3 Å². The lowest BCUT2D eigenvalue weighted by Crippen LogP contribution is -2.57. The van der Waals surface area contributed by atoms with Gasteiger partial charge in [-0.2, -0.15) is 4.31 Å². The molecule has 0 saturated carbocycles. The van der Waals surface area contributed by atoms with Crippen LogP contribution in [0.3, 0.4) is 0 Å². The van der Waals surface area contributed by atoms with Crippen LogP contribution in [0.25, 0.3) is 0 Å². The Labute approximate surface area is 195 Å². The van der Waals surface area contributed by atoms with Crippen LogP contribution in [0.1, 0.15) is 76.0 Å². The molecule has 0 radical (unpaired) electrons. The molecule has 0 aliphatic carbocycles. The Morgan fingerprint density at radius 2 is 1.97 bits per heavy atom. The zero-order chi connectivity index (χ0) is 21.1. The normalized spacial score (nSPS) is 26.3. The molecule has 3 atom stereocenters. The van der Waals surface area contributed by atoms with E-state index in [1.165, 1.54) is 30.4 Å². The van der Waals surface area contributed by atoms with Gasteiger partial charge in [-0.1, -0.05) is 32.3 Å². The zero-order valence-corrected chi connectivity index (χ0v) is 20.7. The van der Waals surface area contributed by atoms with E-state index in [4.69, 9.17) is 4.74 Å². The Bertz CT molecular complexity index is 832. The van der Waals surface area contributed by atoms with Gasteiger partial charge in [0.2, 0.25) is 10.0 Å². The fourth-order valence-corrected chi connectivity index (χ4v) is 7.12. The van der Waals surface area contributed by atoms with Crippen LogP contribution in [0.5, 0.6) is 5.75 Å². The average Bonchev–Trinajstić information content (AvgIpc) is 2.77. The van der Waals surface area contributed by atoms with Gasteiger partial charge in [0.05, 0.1) is 12.4 Å². The van der Waals surface area contributed by atoms with Crippen LogP contribution < -0.4 is 4.74 Å². The van der Waals surface area contributed by atoms with Crippen molar-refractivity contribution in [2.75, 3.05) is 32.0 Å². The van der Waals surface area contributed by atoms with E-state index < -0.39 is 10.0 Å². The van der Waals surface area contributed by atoms with Crippen molar-refractivity contribution in [3.8, 4) is 5.75 Å². The first kappa shape index (κ1) is 24.8. The molecule has 0 spiro atoms. The number of unbranched alkanes of at least 4 members (excludes halogenated alkanes) is 3. The number of hydrogen-bond acceptors (Lipinski definition) is 4. The van der Waals surface area contributed by atoms with Crippen LogP contribution in [0, 0.1) is 5.92 Å². The number of piperidine rings is 2. The number of ether oxygens (including phenoxy) is 1. The largest absolute Gasteiger partial charge is 0.494 e. The molecule has 0 N–H and O–H groups in total. The Morgan fingerprint density at radius 1 is 1.13 bits per heavy atom. The third-order valence-corrected chi connectivity index (χ3v) is 9.27. The van der Waals surface area contributed by atoms with Gasteiger partial charge in [-0.3, -0.25) is 4.90 Å². The molecule has 2 fully saturated rings. The van der Waals surface area contributed by atoms with Crippen molar-refractivity contribution in [1.29, 1.82) is 0 Å². The van der Waals surface area contributed by atoms with Crippen molar-refractivity contribution >= 4 is 22.4 Å². The number of rotatable bonds is 8. The SMILES string of the molecule is CCCCCCOc1ccc2c(c1)CCN1C[C@H]3CCCN(S(=O)(=O)CC)[C@H]3C[C@H]21.Cl. The molecular weight excluding hydrogens is 432 g/mol. The summed E-state index contributed by atoms with van der Waals surface area (Å²) < 4.78 is 33.3. The van der Waals surface area contributed by atoms with Crippen molar-refractivity contribution < 1.29 is 13.2 Å². The minimum Gasteiger partial charge on any atom is -0.494 e. The van der Waals surface area contributed by atoms with E-state index in [9.17, 15) is 8.42 Å². The maximum atomic E-state index is 12.7. The third kappa shape index (κ3) is 5.40. The van der Waals surface area contributed by atoms with Crippen molar-refractivity contribution in [2.45, 2.75) is 77.3 Å². The van der Waals surface area contributed by atoms with Crippen molar-refractivity contribution in [3.63, 3.8) is 0 Å². The van der Waals surface area contributed by atoms with Crippen LogP contribution in [0.15, 0.2) is 18.2 Å². The number of hydrogen-bond donors (Lipinski definition) is 0. The van der Waals surface area contributed by atoms with Crippen LogP contribution in [-0.4, -0.2) is 55.7 Å². The minimum absolute atomic E-state index is 0. The van der Waals surface area contributed by atoms with E-state index in [-0.39, 0.29) is 24.2 Å². The molecular formula is C24H39ClN2O3S. The number of sulfonamides is 1. The molecule has 3 aliphatic rings. The van der Waals surface area contributed by atoms with Crippen molar-refractivity contribution in [2.24, 2.45) is 5.92 Å². The Kier molecular flexibility index (Phi) is 8.70. The molecule has 3 aliphatic heterocycles. The van der Waals surface area contributed by atoms with Gasteiger partial charge in [-0.15, -0.1) is 12.4 Å². The van der Waals surface area contributed by atoms with Gasteiger partial charge in [0.15, 0.2) is 0 Å². The van der Waals surface area contributed by atoms with E-state index in [0.29, 0.717) is 18.5 Å². The highest BCUT2D eigenvalue weighted by Crippen LogP contribution is 2.44. The van der Waals surface area contributed by atoms with E-state index in [1.807, 2.05) is 4.31 Å². The Hall–Kier alpha value is -0.820. The summed E-state index contributed by atoms with van der Waals surface area (Å²) in [4.78, 5) is 2.61. The summed E-state index contributed by atoms with van der Waals surface area (Å²) in [5.41, 5.74) is 2.78. The highest BCUT2D eigenvalue weighted by Gasteiger charge is 2.45. The second-order valence-electron chi connectivity index (χ2n) is 9.25. The first-order valence-electron chi connectivity index (χ1n) is 12.0. The Morgan fingerprint density at radius 3 is 2.74 bits per heavy atom. The highest BCUT2D eigenvalue weighted by molar-refractivity contribution is 7.89. The van der Waals surface area contributed by atoms with Gasteiger partial charge in [-0.05, 0) is 68.2 Å². The molecule has 2 saturated heterocycles. The predicted octanol–water partition coefficient (Wildman–Crippen LogP) is 4.80. The number of fused-ring (bicyclic) bond motifs is 4. The van der Waals surface area contributed by atoms with Crippen LogP contribution in [-0.2, 0) is 16.4 Å². The van der Waals surface area contributed by atoms with E-state index in [1.54, 1.807) is 6.92 Å². The van der Waals surface area contributed by atoms with E-state index in [2.05, 4.69) is 30.0 Å². The average molecular weight is 471 g/mol.